The van der Waals surface area contributed by atoms with Crippen LogP contribution in [-0.4, -0.2) is 72.1 Å². The molecule has 0 spiro atoms. The van der Waals surface area contributed by atoms with Crippen molar-refractivity contribution in [2.24, 2.45) is 4.99 Å². The fourth-order valence-corrected chi connectivity index (χ4v) is 7.02. The van der Waals surface area contributed by atoms with Gasteiger partial charge in [-0.05, 0) is 62.9 Å². The third-order valence-electron chi connectivity index (χ3n) is 9.25. The van der Waals surface area contributed by atoms with E-state index in [0.717, 1.165) is 36.1 Å². The lowest BCUT2D eigenvalue weighted by atomic mass is 9.96. The van der Waals surface area contributed by atoms with E-state index >= 15 is 8.78 Å². The molecule has 0 N–H and O–H groups in total. The highest BCUT2D eigenvalue weighted by atomic mass is 19.1. The molecule has 0 saturated carbocycles. The second-order valence-corrected chi connectivity index (χ2v) is 12.0. The molecule has 2 aromatic carbocycles. The van der Waals surface area contributed by atoms with Crippen LogP contribution < -0.4 is 9.80 Å². The molecule has 1 amide bonds. The van der Waals surface area contributed by atoms with Crippen molar-refractivity contribution in [3.8, 4) is 11.3 Å². The lowest BCUT2D eigenvalue weighted by Gasteiger charge is -2.47. The number of ether oxygens (including phenoxy) is 1. The number of para-hydroxylation sites is 1. The summed E-state index contributed by atoms with van der Waals surface area (Å²) in [5.74, 6) is -0.247. The number of piperazine rings is 1. The number of amides is 1. The number of fused-ring (bicyclic) bond motifs is 3. The lowest BCUT2D eigenvalue weighted by molar-refractivity contribution is -0.128. The zero-order chi connectivity index (χ0) is 30.7. The van der Waals surface area contributed by atoms with Crippen LogP contribution in [-0.2, 0) is 16.0 Å². The van der Waals surface area contributed by atoms with E-state index in [9.17, 15) is 4.79 Å². The number of aromatic nitrogens is 1. The van der Waals surface area contributed by atoms with E-state index in [1.807, 2.05) is 36.8 Å². The van der Waals surface area contributed by atoms with Gasteiger partial charge in [0, 0.05) is 50.5 Å². The summed E-state index contributed by atoms with van der Waals surface area (Å²) in [6.07, 6.45) is 2.97. The molecule has 1 aromatic heterocycles. The summed E-state index contributed by atoms with van der Waals surface area (Å²) < 4.78 is 38.6. The molecule has 44 heavy (non-hydrogen) atoms. The Bertz CT molecular complexity index is 1690. The molecule has 1 saturated heterocycles. The first-order valence-corrected chi connectivity index (χ1v) is 15.3. The molecule has 2 bridgehead atoms. The van der Waals surface area contributed by atoms with Gasteiger partial charge in [-0.2, -0.15) is 0 Å². The third-order valence-corrected chi connectivity index (χ3v) is 9.25. The lowest BCUT2D eigenvalue weighted by Crippen LogP contribution is -2.57. The average Bonchev–Trinajstić information content (AvgIpc) is 3.02. The maximum Gasteiger partial charge on any atom is 0.246 e. The highest BCUT2D eigenvalue weighted by Crippen LogP contribution is 2.48. The van der Waals surface area contributed by atoms with Crippen molar-refractivity contribution in [3.05, 3.63) is 83.4 Å². The largest absolute Gasteiger partial charge is 0.374 e. The molecular formula is C34H36F2N6O2. The predicted molar refractivity (Wildman–Crippen MR) is 167 cm³/mol. The van der Waals surface area contributed by atoms with Crippen molar-refractivity contribution < 1.29 is 18.3 Å². The average molecular weight is 599 g/mol. The molecule has 8 nitrogen and oxygen atoms in total. The van der Waals surface area contributed by atoms with E-state index in [2.05, 4.69) is 29.7 Å². The molecule has 4 aliphatic rings. The molecule has 4 aliphatic heterocycles. The topological polar surface area (TPSA) is 64.5 Å². The highest BCUT2D eigenvalue weighted by Gasteiger charge is 2.42. The van der Waals surface area contributed by atoms with E-state index in [1.54, 1.807) is 11.0 Å². The Morgan fingerprint density at radius 3 is 2.68 bits per heavy atom. The molecule has 7 rings (SSSR count). The predicted octanol–water partition coefficient (Wildman–Crippen LogP) is 5.79. The van der Waals surface area contributed by atoms with Gasteiger partial charge in [-0.1, -0.05) is 30.8 Å². The standard InChI is InChI=1S/C34H36F2N6O2/c1-5-28(43)40-16-17-41(20(2)19-40)32-24-18-26(36)30-29-25(35)13-9-14-27(29)39(4)15-7-6-10-22-11-8-12-23-21(3)44-34(38-32)42(31(22)23)33(24)37-30/h5,8-9,11-14,18,20-21,34H,1,6-7,10,15-17,19H2,2-4H3/t20-,21?,34?/m0/s1. The van der Waals surface area contributed by atoms with Crippen molar-refractivity contribution >= 4 is 28.9 Å². The van der Waals surface area contributed by atoms with Crippen molar-refractivity contribution in [3.63, 3.8) is 0 Å². The second-order valence-electron chi connectivity index (χ2n) is 12.0. The molecule has 3 atom stereocenters. The van der Waals surface area contributed by atoms with Crippen LogP contribution in [0.2, 0.25) is 0 Å². The normalized spacial score (nSPS) is 22.8. The highest BCUT2D eigenvalue weighted by molar-refractivity contribution is 6.06. The number of pyridine rings is 1. The summed E-state index contributed by atoms with van der Waals surface area (Å²) >= 11 is 0. The molecule has 0 aliphatic carbocycles. The van der Waals surface area contributed by atoms with Crippen LogP contribution in [0.15, 0.2) is 60.1 Å². The quantitative estimate of drug-likeness (QED) is 0.331. The first kappa shape index (κ1) is 28.5. The van der Waals surface area contributed by atoms with Gasteiger partial charge >= 0.3 is 0 Å². The number of aliphatic imine (C=N–C) groups is 1. The molecule has 10 heteroatoms. The van der Waals surface area contributed by atoms with Gasteiger partial charge in [0.25, 0.3) is 0 Å². The van der Waals surface area contributed by atoms with Crippen LogP contribution in [0.5, 0.6) is 0 Å². The maximum atomic E-state index is 16.4. The Hall–Kier alpha value is -4.31. The number of nitrogens with zero attached hydrogens (tertiary/aromatic N) is 6. The Morgan fingerprint density at radius 1 is 1.07 bits per heavy atom. The minimum Gasteiger partial charge on any atom is -0.374 e. The van der Waals surface area contributed by atoms with Gasteiger partial charge in [-0.25, -0.2) is 18.8 Å². The number of hydrogen-bond donors (Lipinski definition) is 0. The van der Waals surface area contributed by atoms with E-state index in [-0.39, 0.29) is 29.3 Å². The van der Waals surface area contributed by atoms with Gasteiger partial charge < -0.3 is 19.4 Å². The van der Waals surface area contributed by atoms with Crippen molar-refractivity contribution in [1.82, 2.24) is 14.8 Å². The fourth-order valence-electron chi connectivity index (χ4n) is 7.02. The summed E-state index contributed by atoms with van der Waals surface area (Å²) in [6, 6.07) is 12.4. The zero-order valence-electron chi connectivity index (χ0n) is 25.3. The first-order valence-electron chi connectivity index (χ1n) is 15.3. The number of carbonyl (C=O) groups excluding carboxylic acids is 1. The molecule has 228 valence electrons. The van der Waals surface area contributed by atoms with Gasteiger partial charge in [0.2, 0.25) is 12.3 Å². The second kappa shape index (κ2) is 11.0. The zero-order valence-corrected chi connectivity index (χ0v) is 25.3. The summed E-state index contributed by atoms with van der Waals surface area (Å²) in [4.78, 5) is 30.3. The SMILES string of the molecule is C=CC(=O)N1CCN(C2=NC3OC(C)c4cccc5c4N3c3nc(c(F)cc32)-c2c(F)cccc2N(C)CCCC5)[C@@H](C)C1. The van der Waals surface area contributed by atoms with Gasteiger partial charge in [-0.3, -0.25) is 9.69 Å². The molecular weight excluding hydrogens is 562 g/mol. The Balaban J connectivity index is 1.46. The van der Waals surface area contributed by atoms with E-state index < -0.39 is 18.0 Å². The molecule has 1 fully saturated rings. The van der Waals surface area contributed by atoms with E-state index in [1.165, 1.54) is 18.2 Å². The molecule has 3 aromatic rings. The minimum absolute atomic E-state index is 0.0463. The summed E-state index contributed by atoms with van der Waals surface area (Å²) in [7, 11) is 1.91. The van der Waals surface area contributed by atoms with Crippen molar-refractivity contribution in [2.45, 2.75) is 51.6 Å². The maximum absolute atomic E-state index is 16.4. The number of hydrogen-bond acceptors (Lipinski definition) is 7. The van der Waals surface area contributed by atoms with Gasteiger partial charge in [0.05, 0.1) is 22.9 Å². The summed E-state index contributed by atoms with van der Waals surface area (Å²) in [5, 5.41) is 0. The smallest absolute Gasteiger partial charge is 0.246 e. The van der Waals surface area contributed by atoms with Crippen LogP contribution in [0.25, 0.3) is 11.3 Å². The Kier molecular flexibility index (Phi) is 7.11. The van der Waals surface area contributed by atoms with Gasteiger partial charge in [0.15, 0.2) is 5.82 Å². The number of carbonyl (C=O) groups is 1. The number of benzene rings is 2. The number of aryl methyl sites for hydroxylation is 1. The monoisotopic (exact) mass is 598 g/mol. The number of rotatable bonds is 1. The number of anilines is 3. The van der Waals surface area contributed by atoms with Crippen LogP contribution >= 0.6 is 0 Å². The van der Waals surface area contributed by atoms with E-state index in [0.29, 0.717) is 49.1 Å². The van der Waals surface area contributed by atoms with Crippen molar-refractivity contribution in [1.29, 1.82) is 0 Å². The van der Waals surface area contributed by atoms with Gasteiger partial charge in [-0.15, -0.1) is 0 Å². The van der Waals surface area contributed by atoms with Crippen LogP contribution in [0.4, 0.5) is 26.0 Å². The molecule has 5 heterocycles. The van der Waals surface area contributed by atoms with Crippen LogP contribution in [0, 0.1) is 11.6 Å². The fraction of sp³-hybridized carbons (Fsp3) is 0.382. The van der Waals surface area contributed by atoms with Gasteiger partial charge in [0.1, 0.15) is 23.2 Å². The summed E-state index contributed by atoms with van der Waals surface area (Å²) in [6.45, 7) is 9.79. The Morgan fingerprint density at radius 2 is 1.89 bits per heavy atom. The van der Waals surface area contributed by atoms with E-state index in [4.69, 9.17) is 14.7 Å². The number of halogens is 2. The molecule has 2 unspecified atom stereocenters. The van der Waals surface area contributed by atoms with Crippen molar-refractivity contribution in [2.75, 3.05) is 43.0 Å². The Labute approximate surface area is 256 Å². The molecule has 0 radical (unpaired) electrons. The number of amidine groups is 1. The summed E-state index contributed by atoms with van der Waals surface area (Å²) in [5.41, 5.74) is 4.33. The van der Waals surface area contributed by atoms with Crippen LogP contribution in [0.3, 0.4) is 0 Å². The van der Waals surface area contributed by atoms with Crippen LogP contribution in [0.1, 0.15) is 49.5 Å². The third kappa shape index (κ3) is 4.54. The minimum atomic E-state index is -0.750. The first-order chi connectivity index (χ1) is 21.3.